The summed E-state index contributed by atoms with van der Waals surface area (Å²) >= 11 is 0. The SMILES string of the molecule is CC(C)N1CCN(C)[C@H](CO)C1. The molecule has 1 aliphatic rings. The Morgan fingerprint density at radius 1 is 1.42 bits per heavy atom. The van der Waals surface area contributed by atoms with Crippen molar-refractivity contribution in [2.45, 2.75) is 25.9 Å². The van der Waals surface area contributed by atoms with E-state index in [2.05, 4.69) is 30.7 Å². The van der Waals surface area contributed by atoms with Gasteiger partial charge in [0.05, 0.1) is 6.61 Å². The highest BCUT2D eigenvalue weighted by atomic mass is 16.3. The molecule has 0 saturated carbocycles. The van der Waals surface area contributed by atoms with Crippen LogP contribution in [0.2, 0.25) is 0 Å². The van der Waals surface area contributed by atoms with Crippen LogP contribution in [-0.2, 0) is 0 Å². The van der Waals surface area contributed by atoms with E-state index in [0.29, 0.717) is 12.1 Å². The van der Waals surface area contributed by atoms with Crippen LogP contribution in [0.4, 0.5) is 0 Å². The van der Waals surface area contributed by atoms with Crippen molar-refractivity contribution >= 4 is 0 Å². The van der Waals surface area contributed by atoms with Crippen molar-refractivity contribution in [1.29, 1.82) is 0 Å². The number of rotatable bonds is 2. The third-order valence-electron chi connectivity index (χ3n) is 2.75. The molecule has 72 valence electrons. The Morgan fingerprint density at radius 3 is 2.58 bits per heavy atom. The maximum atomic E-state index is 9.09. The topological polar surface area (TPSA) is 26.7 Å². The van der Waals surface area contributed by atoms with E-state index in [-0.39, 0.29) is 6.61 Å². The molecule has 1 heterocycles. The molecule has 3 heteroatoms. The van der Waals surface area contributed by atoms with Crippen LogP contribution in [-0.4, -0.2) is 60.3 Å². The van der Waals surface area contributed by atoms with E-state index >= 15 is 0 Å². The third-order valence-corrected chi connectivity index (χ3v) is 2.75. The Balaban J connectivity index is 2.44. The number of aliphatic hydroxyl groups is 1. The minimum Gasteiger partial charge on any atom is -0.395 e. The van der Waals surface area contributed by atoms with Gasteiger partial charge in [0.1, 0.15) is 0 Å². The van der Waals surface area contributed by atoms with Crippen molar-refractivity contribution < 1.29 is 5.11 Å². The molecular formula is C9H20N2O. The molecule has 0 aliphatic carbocycles. The number of nitrogens with zero attached hydrogens (tertiary/aromatic N) is 2. The Labute approximate surface area is 75.0 Å². The van der Waals surface area contributed by atoms with Crippen molar-refractivity contribution in [3.05, 3.63) is 0 Å². The lowest BCUT2D eigenvalue weighted by molar-refractivity contribution is 0.0430. The minimum atomic E-state index is 0.278. The van der Waals surface area contributed by atoms with Crippen LogP contribution in [0.25, 0.3) is 0 Å². The van der Waals surface area contributed by atoms with Gasteiger partial charge in [-0.2, -0.15) is 0 Å². The van der Waals surface area contributed by atoms with Gasteiger partial charge in [-0.1, -0.05) is 0 Å². The molecule has 0 amide bonds. The standard InChI is InChI=1S/C9H20N2O/c1-8(2)11-5-4-10(3)9(6-11)7-12/h8-9,12H,4-7H2,1-3H3/t9-/m0/s1. The second-order valence-electron chi connectivity index (χ2n) is 3.91. The first-order valence-corrected chi connectivity index (χ1v) is 4.70. The molecule has 1 fully saturated rings. The Hall–Kier alpha value is -0.120. The second kappa shape index (κ2) is 4.21. The van der Waals surface area contributed by atoms with Crippen LogP contribution in [0.1, 0.15) is 13.8 Å². The van der Waals surface area contributed by atoms with Crippen molar-refractivity contribution in [1.82, 2.24) is 9.80 Å². The quantitative estimate of drug-likeness (QED) is 0.635. The summed E-state index contributed by atoms with van der Waals surface area (Å²) in [5, 5.41) is 9.09. The molecule has 1 N–H and O–H groups in total. The van der Waals surface area contributed by atoms with E-state index in [1.807, 2.05) is 0 Å². The first-order chi connectivity index (χ1) is 5.65. The van der Waals surface area contributed by atoms with Gasteiger partial charge in [-0.05, 0) is 20.9 Å². The maximum Gasteiger partial charge on any atom is 0.0599 e. The number of hydrogen-bond donors (Lipinski definition) is 1. The van der Waals surface area contributed by atoms with E-state index in [4.69, 9.17) is 5.11 Å². The molecule has 0 radical (unpaired) electrons. The Morgan fingerprint density at radius 2 is 2.08 bits per heavy atom. The molecule has 0 spiro atoms. The molecule has 0 aromatic carbocycles. The van der Waals surface area contributed by atoms with E-state index in [0.717, 1.165) is 19.6 Å². The van der Waals surface area contributed by atoms with Gasteiger partial charge >= 0.3 is 0 Å². The summed E-state index contributed by atoms with van der Waals surface area (Å²) in [5.41, 5.74) is 0. The van der Waals surface area contributed by atoms with Gasteiger partial charge in [0.15, 0.2) is 0 Å². The predicted molar refractivity (Wildman–Crippen MR) is 50.2 cm³/mol. The molecule has 1 aliphatic heterocycles. The summed E-state index contributed by atoms with van der Waals surface area (Å²) < 4.78 is 0. The van der Waals surface area contributed by atoms with Crippen molar-refractivity contribution in [3.8, 4) is 0 Å². The van der Waals surface area contributed by atoms with Gasteiger partial charge in [0, 0.05) is 31.7 Å². The molecular weight excluding hydrogens is 152 g/mol. The number of hydrogen-bond acceptors (Lipinski definition) is 3. The summed E-state index contributed by atoms with van der Waals surface area (Å²) in [6.07, 6.45) is 0. The average Bonchev–Trinajstić information content (AvgIpc) is 2.05. The highest BCUT2D eigenvalue weighted by Gasteiger charge is 2.24. The monoisotopic (exact) mass is 172 g/mol. The van der Waals surface area contributed by atoms with E-state index in [1.165, 1.54) is 0 Å². The summed E-state index contributed by atoms with van der Waals surface area (Å²) in [7, 11) is 2.08. The van der Waals surface area contributed by atoms with Crippen LogP contribution in [0, 0.1) is 0 Å². The fourth-order valence-electron chi connectivity index (χ4n) is 1.64. The van der Waals surface area contributed by atoms with E-state index in [1.54, 1.807) is 0 Å². The summed E-state index contributed by atoms with van der Waals surface area (Å²) in [4.78, 5) is 4.65. The van der Waals surface area contributed by atoms with Crippen LogP contribution >= 0.6 is 0 Å². The highest BCUT2D eigenvalue weighted by Crippen LogP contribution is 2.09. The van der Waals surface area contributed by atoms with E-state index in [9.17, 15) is 0 Å². The van der Waals surface area contributed by atoms with Crippen molar-refractivity contribution in [3.63, 3.8) is 0 Å². The molecule has 1 rings (SSSR count). The molecule has 0 bridgehead atoms. The summed E-state index contributed by atoms with van der Waals surface area (Å²) in [5.74, 6) is 0. The van der Waals surface area contributed by atoms with Crippen LogP contribution < -0.4 is 0 Å². The Kier molecular flexibility index (Phi) is 3.50. The molecule has 3 nitrogen and oxygen atoms in total. The maximum absolute atomic E-state index is 9.09. The molecule has 1 saturated heterocycles. The first-order valence-electron chi connectivity index (χ1n) is 4.70. The van der Waals surface area contributed by atoms with Gasteiger partial charge in [0.2, 0.25) is 0 Å². The smallest absolute Gasteiger partial charge is 0.0599 e. The summed E-state index contributed by atoms with van der Waals surface area (Å²) in [6, 6.07) is 0.939. The normalized spacial score (nSPS) is 28.2. The average molecular weight is 172 g/mol. The van der Waals surface area contributed by atoms with Crippen LogP contribution in [0.5, 0.6) is 0 Å². The van der Waals surface area contributed by atoms with Crippen molar-refractivity contribution in [2.24, 2.45) is 0 Å². The van der Waals surface area contributed by atoms with Crippen molar-refractivity contribution in [2.75, 3.05) is 33.3 Å². The number of likely N-dealkylation sites (N-methyl/N-ethyl adjacent to an activating group) is 1. The molecule has 1 atom stereocenters. The fourth-order valence-corrected chi connectivity index (χ4v) is 1.64. The minimum absolute atomic E-state index is 0.278. The van der Waals surface area contributed by atoms with Gasteiger partial charge < -0.3 is 5.11 Å². The summed E-state index contributed by atoms with van der Waals surface area (Å²) in [6.45, 7) is 7.90. The highest BCUT2D eigenvalue weighted by molar-refractivity contribution is 4.80. The van der Waals surface area contributed by atoms with Gasteiger partial charge in [-0.15, -0.1) is 0 Å². The lowest BCUT2D eigenvalue weighted by atomic mass is 10.1. The second-order valence-corrected chi connectivity index (χ2v) is 3.91. The zero-order chi connectivity index (χ0) is 9.14. The number of piperazine rings is 1. The van der Waals surface area contributed by atoms with Crippen LogP contribution in [0.15, 0.2) is 0 Å². The van der Waals surface area contributed by atoms with Gasteiger partial charge in [-0.3, -0.25) is 9.80 Å². The van der Waals surface area contributed by atoms with E-state index < -0.39 is 0 Å². The molecule has 0 aromatic rings. The lowest BCUT2D eigenvalue weighted by Gasteiger charge is -2.40. The number of aliphatic hydroxyl groups excluding tert-OH is 1. The fraction of sp³-hybridized carbons (Fsp3) is 1.00. The first kappa shape index (κ1) is 9.96. The molecule has 12 heavy (non-hydrogen) atoms. The predicted octanol–water partition coefficient (Wildman–Crippen LogP) is 0.00310. The molecule has 0 aromatic heterocycles. The van der Waals surface area contributed by atoms with Crippen LogP contribution in [0.3, 0.4) is 0 Å². The largest absolute Gasteiger partial charge is 0.395 e. The lowest BCUT2D eigenvalue weighted by Crippen LogP contribution is -2.54. The third kappa shape index (κ3) is 2.19. The van der Waals surface area contributed by atoms with Gasteiger partial charge in [0.25, 0.3) is 0 Å². The zero-order valence-electron chi connectivity index (χ0n) is 8.32. The van der Waals surface area contributed by atoms with Gasteiger partial charge in [-0.25, -0.2) is 0 Å². The Bertz CT molecular complexity index is 138. The molecule has 0 unspecified atom stereocenters. The zero-order valence-corrected chi connectivity index (χ0v) is 8.32.